The largest absolute Gasteiger partial charge is 0.356 e. The van der Waals surface area contributed by atoms with Crippen LogP contribution in [0.4, 0.5) is 11.6 Å². The summed E-state index contributed by atoms with van der Waals surface area (Å²) in [6, 6.07) is 11.4. The van der Waals surface area contributed by atoms with Crippen LogP contribution in [0.2, 0.25) is 0 Å². The molecule has 3 heterocycles. The van der Waals surface area contributed by atoms with Gasteiger partial charge in [0.25, 0.3) is 0 Å². The molecular weight excluding hydrogens is 286 g/mol. The van der Waals surface area contributed by atoms with Gasteiger partial charge in [-0.15, -0.1) is 0 Å². The number of fused-ring (bicyclic) bond motifs is 1. The molecule has 5 nitrogen and oxygen atoms in total. The number of hydrogen-bond acceptors (Lipinski definition) is 5. The third kappa shape index (κ3) is 2.88. The molecule has 1 saturated heterocycles. The number of hydrogen-bond donors (Lipinski definition) is 1. The first kappa shape index (κ1) is 14.5. The molecule has 0 atom stereocenters. The van der Waals surface area contributed by atoms with E-state index < -0.39 is 0 Å². The monoisotopic (exact) mass is 309 g/mol. The molecular formula is C18H23N5. The van der Waals surface area contributed by atoms with E-state index in [2.05, 4.69) is 55.4 Å². The van der Waals surface area contributed by atoms with Crippen LogP contribution < -0.4 is 15.1 Å². The first-order chi connectivity index (χ1) is 11.3. The van der Waals surface area contributed by atoms with Crippen LogP contribution in [0, 0.1) is 0 Å². The maximum absolute atomic E-state index is 4.51. The van der Waals surface area contributed by atoms with Gasteiger partial charge in [0, 0.05) is 38.3 Å². The molecule has 1 N–H and O–H groups in total. The maximum Gasteiger partial charge on any atom is 0.134 e. The van der Waals surface area contributed by atoms with Crippen molar-refractivity contribution in [3.05, 3.63) is 47.8 Å². The number of aromatic nitrogens is 2. The van der Waals surface area contributed by atoms with Crippen LogP contribution in [0.3, 0.4) is 0 Å². The molecule has 2 aromatic rings. The average Bonchev–Trinajstić information content (AvgIpc) is 3.06. The van der Waals surface area contributed by atoms with Crippen LogP contribution in [0.25, 0.3) is 0 Å². The summed E-state index contributed by atoms with van der Waals surface area (Å²) in [5, 5.41) is 3.37. The molecule has 23 heavy (non-hydrogen) atoms. The summed E-state index contributed by atoms with van der Waals surface area (Å²) < 4.78 is 0. The molecule has 0 radical (unpaired) electrons. The molecule has 4 rings (SSSR count). The fourth-order valence-corrected chi connectivity index (χ4v) is 3.58. The average molecular weight is 309 g/mol. The van der Waals surface area contributed by atoms with Crippen molar-refractivity contribution in [1.82, 2.24) is 15.3 Å². The first-order valence-corrected chi connectivity index (χ1v) is 8.39. The van der Waals surface area contributed by atoms with Crippen LogP contribution in [0.15, 0.2) is 36.7 Å². The zero-order valence-corrected chi connectivity index (χ0v) is 13.6. The Bertz CT molecular complexity index is 654. The summed E-state index contributed by atoms with van der Waals surface area (Å²) in [5.41, 5.74) is 2.81. The minimum Gasteiger partial charge on any atom is -0.356 e. The number of nitrogens with one attached hydrogen (secondary N) is 1. The summed E-state index contributed by atoms with van der Waals surface area (Å²) in [4.78, 5) is 13.7. The molecule has 0 bridgehead atoms. The highest BCUT2D eigenvalue weighted by molar-refractivity contribution is 5.53. The minimum atomic E-state index is 0.639. The second-order valence-electron chi connectivity index (χ2n) is 6.41. The van der Waals surface area contributed by atoms with Crippen LogP contribution >= 0.6 is 0 Å². The lowest BCUT2D eigenvalue weighted by molar-refractivity contribution is 0.440. The molecule has 0 amide bonds. The van der Waals surface area contributed by atoms with Gasteiger partial charge in [-0.2, -0.15) is 0 Å². The van der Waals surface area contributed by atoms with Gasteiger partial charge in [-0.1, -0.05) is 24.3 Å². The van der Waals surface area contributed by atoms with Gasteiger partial charge in [0.15, 0.2) is 0 Å². The molecule has 0 aliphatic carbocycles. The van der Waals surface area contributed by atoms with Crippen molar-refractivity contribution in [1.29, 1.82) is 0 Å². The summed E-state index contributed by atoms with van der Waals surface area (Å²) in [7, 11) is 2.05. The van der Waals surface area contributed by atoms with E-state index in [1.807, 2.05) is 7.05 Å². The van der Waals surface area contributed by atoms with Gasteiger partial charge in [-0.25, -0.2) is 9.97 Å². The summed E-state index contributed by atoms with van der Waals surface area (Å²) in [6.45, 7) is 3.99. The van der Waals surface area contributed by atoms with Crippen molar-refractivity contribution in [2.24, 2.45) is 0 Å². The number of nitrogens with zero attached hydrogens (tertiary/aromatic N) is 4. The molecule has 1 fully saturated rings. The quantitative estimate of drug-likeness (QED) is 0.941. The molecule has 0 spiro atoms. The number of anilines is 2. The van der Waals surface area contributed by atoms with Crippen molar-refractivity contribution < 1.29 is 0 Å². The van der Waals surface area contributed by atoms with Gasteiger partial charge >= 0.3 is 0 Å². The van der Waals surface area contributed by atoms with E-state index in [-0.39, 0.29) is 0 Å². The smallest absolute Gasteiger partial charge is 0.134 e. The second-order valence-corrected chi connectivity index (χ2v) is 6.41. The standard InChI is InChI=1S/C18H23N5/c1-19-16-6-8-22(9-7-16)17-10-18(21-13-20-17)23-11-14-4-2-3-5-15(14)12-23/h2-5,10,13,16,19H,6-9,11-12H2,1H3. The number of rotatable bonds is 3. The van der Waals surface area contributed by atoms with Crippen molar-refractivity contribution in [2.75, 3.05) is 29.9 Å². The SMILES string of the molecule is CNC1CCN(c2cc(N3Cc4ccccc4C3)ncn2)CC1. The highest BCUT2D eigenvalue weighted by atomic mass is 15.2. The Morgan fingerprint density at radius 3 is 2.17 bits per heavy atom. The predicted molar refractivity (Wildman–Crippen MR) is 92.7 cm³/mol. The van der Waals surface area contributed by atoms with Gasteiger partial charge in [-0.3, -0.25) is 0 Å². The first-order valence-electron chi connectivity index (χ1n) is 8.39. The van der Waals surface area contributed by atoms with Crippen molar-refractivity contribution in [3.63, 3.8) is 0 Å². The minimum absolute atomic E-state index is 0.639. The van der Waals surface area contributed by atoms with Gasteiger partial charge in [0.05, 0.1) is 0 Å². The summed E-state index contributed by atoms with van der Waals surface area (Å²) in [5.74, 6) is 2.09. The zero-order chi connectivity index (χ0) is 15.6. The van der Waals surface area contributed by atoms with Crippen LogP contribution in [-0.4, -0.2) is 36.1 Å². The molecule has 0 unspecified atom stereocenters. The van der Waals surface area contributed by atoms with E-state index in [0.29, 0.717) is 6.04 Å². The Balaban J connectivity index is 1.50. The maximum atomic E-state index is 4.51. The highest BCUT2D eigenvalue weighted by Crippen LogP contribution is 2.28. The van der Waals surface area contributed by atoms with E-state index in [1.165, 1.54) is 24.0 Å². The Morgan fingerprint density at radius 1 is 0.957 bits per heavy atom. The van der Waals surface area contributed by atoms with Crippen molar-refractivity contribution >= 4 is 11.6 Å². The number of benzene rings is 1. The van der Waals surface area contributed by atoms with Crippen LogP contribution in [0.1, 0.15) is 24.0 Å². The van der Waals surface area contributed by atoms with E-state index in [0.717, 1.165) is 37.8 Å². The molecule has 2 aliphatic heterocycles. The second kappa shape index (κ2) is 6.16. The lowest BCUT2D eigenvalue weighted by Crippen LogP contribution is -2.41. The van der Waals surface area contributed by atoms with Gasteiger partial charge in [-0.05, 0) is 31.0 Å². The van der Waals surface area contributed by atoms with Gasteiger partial charge in [0.1, 0.15) is 18.0 Å². The third-order valence-corrected chi connectivity index (χ3v) is 5.03. The Hall–Kier alpha value is -2.14. The molecule has 2 aliphatic rings. The van der Waals surface area contributed by atoms with Crippen LogP contribution in [-0.2, 0) is 13.1 Å². The Kier molecular flexibility index (Phi) is 3.87. The van der Waals surface area contributed by atoms with Crippen molar-refractivity contribution in [3.8, 4) is 0 Å². The highest BCUT2D eigenvalue weighted by Gasteiger charge is 2.22. The lowest BCUT2D eigenvalue weighted by atomic mass is 10.1. The third-order valence-electron chi connectivity index (χ3n) is 5.03. The predicted octanol–water partition coefficient (Wildman–Crippen LogP) is 2.18. The topological polar surface area (TPSA) is 44.3 Å². The normalized spacial score (nSPS) is 18.3. The van der Waals surface area contributed by atoms with Gasteiger partial charge < -0.3 is 15.1 Å². The molecule has 5 heteroatoms. The van der Waals surface area contributed by atoms with Crippen molar-refractivity contribution in [2.45, 2.75) is 32.0 Å². The van der Waals surface area contributed by atoms with E-state index in [9.17, 15) is 0 Å². The lowest BCUT2D eigenvalue weighted by Gasteiger charge is -2.32. The zero-order valence-electron chi connectivity index (χ0n) is 13.6. The molecule has 120 valence electrons. The fourth-order valence-electron chi connectivity index (χ4n) is 3.58. The summed E-state index contributed by atoms with van der Waals surface area (Å²) in [6.07, 6.45) is 4.05. The molecule has 1 aromatic carbocycles. The summed E-state index contributed by atoms with van der Waals surface area (Å²) >= 11 is 0. The van der Waals surface area contributed by atoms with E-state index in [1.54, 1.807) is 6.33 Å². The Labute approximate surface area is 137 Å². The molecule has 0 saturated carbocycles. The fraction of sp³-hybridized carbons (Fsp3) is 0.444. The van der Waals surface area contributed by atoms with Crippen LogP contribution in [0.5, 0.6) is 0 Å². The molecule has 1 aromatic heterocycles. The number of piperidine rings is 1. The van der Waals surface area contributed by atoms with E-state index >= 15 is 0 Å². The van der Waals surface area contributed by atoms with E-state index in [4.69, 9.17) is 0 Å². The Morgan fingerprint density at radius 2 is 1.57 bits per heavy atom. The van der Waals surface area contributed by atoms with Gasteiger partial charge in [0.2, 0.25) is 0 Å².